The van der Waals surface area contributed by atoms with Gasteiger partial charge in [-0.3, -0.25) is 4.90 Å². The Kier molecular flexibility index (Phi) is 12.6. The third-order valence-electron chi connectivity index (χ3n) is 5.47. The van der Waals surface area contributed by atoms with Gasteiger partial charge < -0.3 is 20.1 Å². The number of hydrogen-bond acceptors (Lipinski definition) is 4. The maximum atomic E-state index is 5.95. The summed E-state index contributed by atoms with van der Waals surface area (Å²) in [5, 5.41) is 6.86. The highest BCUT2D eigenvalue weighted by Gasteiger charge is 2.17. The molecule has 1 saturated heterocycles. The van der Waals surface area contributed by atoms with Gasteiger partial charge in [0.15, 0.2) is 5.96 Å². The van der Waals surface area contributed by atoms with E-state index in [0.29, 0.717) is 25.8 Å². The predicted molar refractivity (Wildman–Crippen MR) is 141 cm³/mol. The molecule has 2 aromatic carbocycles. The number of halogens is 1. The van der Waals surface area contributed by atoms with E-state index in [2.05, 4.69) is 65.8 Å². The lowest BCUT2D eigenvalue weighted by Gasteiger charge is -2.32. The lowest BCUT2D eigenvalue weighted by Crippen LogP contribution is -2.49. The quantitative estimate of drug-likeness (QED) is 0.267. The Morgan fingerprint density at radius 1 is 1.00 bits per heavy atom. The first-order valence-electron chi connectivity index (χ1n) is 11.3. The summed E-state index contributed by atoms with van der Waals surface area (Å²) in [6, 6.07) is 19.1. The smallest absolute Gasteiger partial charge is 0.191 e. The first-order chi connectivity index (χ1) is 15.3. The molecule has 7 heteroatoms. The minimum absolute atomic E-state index is 0. The standard InChI is InChI=1S/C25H36N4O2.HI/c1-3-26-25(27-17-21(2)29-13-15-30-16-14-29)28-18-23-11-7-8-12-24(23)20-31-19-22-9-5-4-6-10-22;/h4-12,21H,3,13-20H2,1-2H3,(H2,26,27,28);1H. The fourth-order valence-electron chi connectivity index (χ4n) is 3.60. The predicted octanol–water partition coefficient (Wildman–Crippen LogP) is 3.80. The lowest BCUT2D eigenvalue weighted by atomic mass is 10.1. The van der Waals surface area contributed by atoms with Gasteiger partial charge in [-0.2, -0.15) is 0 Å². The second-order valence-corrected chi connectivity index (χ2v) is 7.82. The summed E-state index contributed by atoms with van der Waals surface area (Å²) in [7, 11) is 0. The van der Waals surface area contributed by atoms with E-state index in [4.69, 9.17) is 14.5 Å². The Morgan fingerprint density at radius 2 is 1.69 bits per heavy atom. The van der Waals surface area contributed by atoms with Crippen LogP contribution in [-0.2, 0) is 29.2 Å². The number of nitrogens with zero attached hydrogens (tertiary/aromatic N) is 2. The highest BCUT2D eigenvalue weighted by Crippen LogP contribution is 2.13. The number of aliphatic imine (C=N–C) groups is 1. The third kappa shape index (κ3) is 9.05. The molecule has 3 rings (SSSR count). The SMILES string of the molecule is CCNC(=NCc1ccccc1COCc1ccccc1)NCC(C)N1CCOCC1.I. The molecule has 1 atom stereocenters. The molecule has 0 saturated carbocycles. The van der Waals surface area contributed by atoms with E-state index in [1.54, 1.807) is 0 Å². The van der Waals surface area contributed by atoms with Gasteiger partial charge in [-0.25, -0.2) is 4.99 Å². The zero-order valence-electron chi connectivity index (χ0n) is 19.3. The number of hydrogen-bond donors (Lipinski definition) is 2. The zero-order chi connectivity index (χ0) is 21.7. The molecule has 0 radical (unpaired) electrons. The van der Waals surface area contributed by atoms with Crippen molar-refractivity contribution in [1.82, 2.24) is 15.5 Å². The van der Waals surface area contributed by atoms with Gasteiger partial charge in [-0.05, 0) is 30.5 Å². The van der Waals surface area contributed by atoms with Crippen molar-refractivity contribution in [3.63, 3.8) is 0 Å². The zero-order valence-corrected chi connectivity index (χ0v) is 21.6. The van der Waals surface area contributed by atoms with Gasteiger partial charge in [0.1, 0.15) is 0 Å². The Hall–Kier alpha value is -1.68. The second kappa shape index (κ2) is 15.2. The summed E-state index contributed by atoms with van der Waals surface area (Å²) in [5.74, 6) is 0.850. The summed E-state index contributed by atoms with van der Waals surface area (Å²) >= 11 is 0. The van der Waals surface area contributed by atoms with Gasteiger partial charge in [0.25, 0.3) is 0 Å². The maximum absolute atomic E-state index is 5.95. The van der Waals surface area contributed by atoms with Crippen molar-refractivity contribution < 1.29 is 9.47 Å². The fourth-order valence-corrected chi connectivity index (χ4v) is 3.60. The maximum Gasteiger partial charge on any atom is 0.191 e. The van der Waals surface area contributed by atoms with Gasteiger partial charge >= 0.3 is 0 Å². The molecule has 2 N–H and O–H groups in total. The number of benzene rings is 2. The van der Waals surface area contributed by atoms with Gasteiger partial charge in [0.2, 0.25) is 0 Å². The van der Waals surface area contributed by atoms with Crippen LogP contribution in [0.1, 0.15) is 30.5 Å². The van der Waals surface area contributed by atoms with Gasteiger partial charge in [0, 0.05) is 32.2 Å². The minimum atomic E-state index is 0. The van der Waals surface area contributed by atoms with Crippen LogP contribution >= 0.6 is 24.0 Å². The molecule has 1 aliphatic heterocycles. The van der Waals surface area contributed by atoms with E-state index >= 15 is 0 Å². The van der Waals surface area contributed by atoms with Crippen LogP contribution < -0.4 is 10.6 Å². The van der Waals surface area contributed by atoms with Crippen LogP contribution in [0.25, 0.3) is 0 Å². The van der Waals surface area contributed by atoms with Crippen LogP contribution in [0.15, 0.2) is 59.6 Å². The van der Waals surface area contributed by atoms with Gasteiger partial charge in [0.05, 0.1) is 33.0 Å². The third-order valence-corrected chi connectivity index (χ3v) is 5.47. The molecule has 0 bridgehead atoms. The van der Waals surface area contributed by atoms with Gasteiger partial charge in [-0.1, -0.05) is 54.6 Å². The largest absolute Gasteiger partial charge is 0.379 e. The molecule has 2 aromatic rings. The molecule has 6 nitrogen and oxygen atoms in total. The van der Waals surface area contributed by atoms with Crippen molar-refractivity contribution in [2.75, 3.05) is 39.4 Å². The van der Waals surface area contributed by atoms with E-state index in [0.717, 1.165) is 45.4 Å². The first-order valence-corrected chi connectivity index (χ1v) is 11.3. The number of ether oxygens (including phenoxy) is 2. The minimum Gasteiger partial charge on any atom is -0.379 e. The molecule has 1 fully saturated rings. The second-order valence-electron chi connectivity index (χ2n) is 7.82. The summed E-state index contributed by atoms with van der Waals surface area (Å²) < 4.78 is 11.4. The van der Waals surface area contributed by atoms with Crippen molar-refractivity contribution in [3.8, 4) is 0 Å². The molecule has 0 aliphatic carbocycles. The first kappa shape index (κ1) is 26.6. The van der Waals surface area contributed by atoms with Crippen molar-refractivity contribution >= 4 is 29.9 Å². The Balaban J connectivity index is 0.00000363. The van der Waals surface area contributed by atoms with Crippen LogP contribution in [0.4, 0.5) is 0 Å². The summed E-state index contributed by atoms with van der Waals surface area (Å²) in [6.07, 6.45) is 0. The lowest BCUT2D eigenvalue weighted by molar-refractivity contribution is 0.0211. The summed E-state index contributed by atoms with van der Waals surface area (Å²) in [4.78, 5) is 7.28. The highest BCUT2D eigenvalue weighted by atomic mass is 127. The molecule has 0 spiro atoms. The van der Waals surface area contributed by atoms with Gasteiger partial charge in [-0.15, -0.1) is 24.0 Å². The summed E-state index contributed by atoms with van der Waals surface area (Å²) in [5.41, 5.74) is 3.56. The van der Waals surface area contributed by atoms with Crippen LogP contribution in [0.3, 0.4) is 0 Å². The van der Waals surface area contributed by atoms with Crippen molar-refractivity contribution in [3.05, 3.63) is 71.3 Å². The van der Waals surface area contributed by atoms with Crippen molar-refractivity contribution in [1.29, 1.82) is 0 Å². The average Bonchev–Trinajstić information content (AvgIpc) is 2.82. The number of nitrogens with one attached hydrogen (secondary N) is 2. The van der Waals surface area contributed by atoms with Crippen molar-refractivity contribution in [2.45, 2.75) is 39.6 Å². The van der Waals surface area contributed by atoms with E-state index in [1.165, 1.54) is 16.7 Å². The molecule has 1 aliphatic rings. The Labute approximate surface area is 209 Å². The number of morpholine rings is 1. The average molecular weight is 553 g/mol. The number of rotatable bonds is 10. The Bertz CT molecular complexity index is 798. The van der Waals surface area contributed by atoms with E-state index in [-0.39, 0.29) is 24.0 Å². The number of guanidine groups is 1. The van der Waals surface area contributed by atoms with E-state index in [9.17, 15) is 0 Å². The highest BCUT2D eigenvalue weighted by molar-refractivity contribution is 14.0. The fraction of sp³-hybridized carbons (Fsp3) is 0.480. The Morgan fingerprint density at radius 3 is 2.41 bits per heavy atom. The molecular formula is C25H37IN4O2. The molecule has 1 unspecified atom stereocenters. The monoisotopic (exact) mass is 552 g/mol. The van der Waals surface area contributed by atoms with Crippen LogP contribution in [-0.4, -0.2) is 56.3 Å². The molecule has 1 heterocycles. The van der Waals surface area contributed by atoms with E-state index in [1.807, 2.05) is 18.2 Å². The molecule has 32 heavy (non-hydrogen) atoms. The molecule has 0 aromatic heterocycles. The topological polar surface area (TPSA) is 58.1 Å². The van der Waals surface area contributed by atoms with Crippen LogP contribution in [0.2, 0.25) is 0 Å². The normalized spacial score (nSPS) is 15.6. The van der Waals surface area contributed by atoms with Crippen LogP contribution in [0.5, 0.6) is 0 Å². The van der Waals surface area contributed by atoms with Crippen molar-refractivity contribution in [2.24, 2.45) is 4.99 Å². The summed E-state index contributed by atoms with van der Waals surface area (Å²) in [6.45, 7) is 11.5. The molecule has 176 valence electrons. The molecular weight excluding hydrogens is 515 g/mol. The van der Waals surface area contributed by atoms with E-state index < -0.39 is 0 Å². The molecule has 0 amide bonds. The van der Waals surface area contributed by atoms with Crippen LogP contribution in [0, 0.1) is 0 Å².